The molecule has 0 aliphatic heterocycles. The van der Waals surface area contributed by atoms with Gasteiger partial charge in [0, 0.05) is 17.1 Å². The summed E-state index contributed by atoms with van der Waals surface area (Å²) in [5.74, 6) is 3.82. The number of para-hydroxylation sites is 6. The number of hydrogen-bond acceptors (Lipinski definition) is 7. The first-order valence-electron chi connectivity index (χ1n) is 13.7. The highest BCUT2D eigenvalue weighted by Crippen LogP contribution is 2.49. The van der Waals surface area contributed by atoms with Crippen LogP contribution in [0.25, 0.3) is 0 Å². The van der Waals surface area contributed by atoms with Gasteiger partial charge in [-0.2, -0.15) is 0 Å². The summed E-state index contributed by atoms with van der Waals surface area (Å²) in [6, 6.07) is 45.3. The number of nitrogens with two attached hydrogens (primary N) is 3. The van der Waals surface area contributed by atoms with Crippen molar-refractivity contribution >= 4 is 34.1 Å². The molecule has 212 valence electrons. The van der Waals surface area contributed by atoms with Crippen LogP contribution in [0, 0.1) is 0 Å². The van der Waals surface area contributed by atoms with Crippen LogP contribution in [0.2, 0.25) is 0 Å². The molecular weight excluding hydrogens is 536 g/mol. The first kappa shape index (κ1) is 27.1. The first-order chi connectivity index (χ1) is 21.0. The second-order valence-corrected chi connectivity index (χ2v) is 9.75. The standard InChI is InChI=1S/C36H30N4O3/c37-25-13-19-28(20-14-25)41-34-10-4-1-7-31(34)40(32-8-2-5-11-35(32)42-29-21-15-26(38)16-22-29)33-9-3-6-12-36(33)43-30-23-17-27(39)18-24-30/h1-24H,37-39H2. The fourth-order valence-corrected chi connectivity index (χ4v) is 4.56. The van der Waals surface area contributed by atoms with E-state index in [0.717, 1.165) is 17.1 Å². The third kappa shape index (κ3) is 6.31. The highest BCUT2D eigenvalue weighted by atomic mass is 16.5. The molecule has 0 fully saturated rings. The molecule has 0 saturated heterocycles. The van der Waals surface area contributed by atoms with E-state index in [2.05, 4.69) is 4.90 Å². The van der Waals surface area contributed by atoms with Crippen molar-refractivity contribution in [3.63, 3.8) is 0 Å². The maximum absolute atomic E-state index is 6.42. The highest BCUT2D eigenvalue weighted by molar-refractivity contribution is 5.86. The van der Waals surface area contributed by atoms with Gasteiger partial charge < -0.3 is 31.4 Å². The largest absolute Gasteiger partial charge is 0.455 e. The number of hydrogen-bond donors (Lipinski definition) is 3. The van der Waals surface area contributed by atoms with E-state index in [1.54, 1.807) is 36.4 Å². The number of nitrogens with zero attached hydrogens (tertiary/aromatic N) is 1. The Labute approximate surface area is 250 Å². The fourth-order valence-electron chi connectivity index (χ4n) is 4.56. The minimum atomic E-state index is 0.622. The summed E-state index contributed by atoms with van der Waals surface area (Å²) in [5, 5.41) is 0. The zero-order chi connectivity index (χ0) is 29.6. The summed E-state index contributed by atoms with van der Waals surface area (Å²) in [6.07, 6.45) is 0. The van der Waals surface area contributed by atoms with Gasteiger partial charge in [0.1, 0.15) is 17.2 Å². The van der Waals surface area contributed by atoms with Gasteiger partial charge in [-0.15, -0.1) is 0 Å². The number of rotatable bonds is 9. The molecule has 0 saturated carbocycles. The minimum absolute atomic E-state index is 0.622. The second kappa shape index (κ2) is 12.2. The van der Waals surface area contributed by atoms with Crippen molar-refractivity contribution in [1.29, 1.82) is 0 Å². The van der Waals surface area contributed by atoms with Crippen molar-refractivity contribution < 1.29 is 14.2 Å². The average Bonchev–Trinajstić information content (AvgIpc) is 3.03. The van der Waals surface area contributed by atoms with Crippen LogP contribution in [0.5, 0.6) is 34.5 Å². The van der Waals surface area contributed by atoms with E-state index in [0.29, 0.717) is 51.6 Å². The van der Waals surface area contributed by atoms with Gasteiger partial charge in [0.25, 0.3) is 0 Å². The molecule has 6 rings (SSSR count). The SMILES string of the molecule is Nc1ccc(Oc2ccccc2N(c2ccccc2Oc2ccc(N)cc2)c2ccccc2Oc2ccc(N)cc2)cc1. The van der Waals surface area contributed by atoms with E-state index in [4.69, 9.17) is 31.4 Å². The van der Waals surface area contributed by atoms with Crippen LogP contribution in [0.3, 0.4) is 0 Å². The molecule has 0 unspecified atom stereocenters. The maximum Gasteiger partial charge on any atom is 0.151 e. The van der Waals surface area contributed by atoms with Gasteiger partial charge >= 0.3 is 0 Å². The third-order valence-corrected chi connectivity index (χ3v) is 6.64. The van der Waals surface area contributed by atoms with Crippen LogP contribution >= 0.6 is 0 Å². The van der Waals surface area contributed by atoms with Crippen LogP contribution in [-0.4, -0.2) is 0 Å². The Balaban J connectivity index is 1.50. The number of ether oxygens (including phenoxy) is 3. The lowest BCUT2D eigenvalue weighted by atomic mass is 10.1. The van der Waals surface area contributed by atoms with E-state index in [1.807, 2.05) is 109 Å². The molecule has 0 atom stereocenters. The van der Waals surface area contributed by atoms with Crippen LogP contribution in [-0.2, 0) is 0 Å². The highest BCUT2D eigenvalue weighted by Gasteiger charge is 2.24. The second-order valence-electron chi connectivity index (χ2n) is 9.75. The number of anilines is 6. The lowest BCUT2D eigenvalue weighted by Crippen LogP contribution is -2.13. The minimum Gasteiger partial charge on any atom is -0.455 e. The monoisotopic (exact) mass is 566 g/mol. The Morgan fingerprint density at radius 1 is 0.326 bits per heavy atom. The Hall–Kier alpha value is -6.08. The fraction of sp³-hybridized carbons (Fsp3) is 0. The Morgan fingerprint density at radius 2 is 0.581 bits per heavy atom. The number of nitrogen functional groups attached to an aromatic ring is 3. The molecule has 0 heterocycles. The Morgan fingerprint density at radius 3 is 0.860 bits per heavy atom. The quantitative estimate of drug-likeness (QED) is 0.150. The first-order valence-corrected chi connectivity index (χ1v) is 13.7. The summed E-state index contributed by atoms with van der Waals surface area (Å²) < 4.78 is 19.3. The lowest BCUT2D eigenvalue weighted by Gasteiger charge is -2.30. The van der Waals surface area contributed by atoms with E-state index in [1.165, 1.54) is 0 Å². The molecule has 0 radical (unpaired) electrons. The molecule has 0 aliphatic carbocycles. The molecule has 0 aromatic heterocycles. The molecule has 6 N–H and O–H groups in total. The van der Waals surface area contributed by atoms with Crippen LogP contribution < -0.4 is 36.3 Å². The van der Waals surface area contributed by atoms with Crippen molar-refractivity contribution in [2.45, 2.75) is 0 Å². The maximum atomic E-state index is 6.42. The van der Waals surface area contributed by atoms with Crippen LogP contribution in [0.1, 0.15) is 0 Å². The van der Waals surface area contributed by atoms with Crippen molar-refractivity contribution in [2.24, 2.45) is 0 Å². The Bertz CT molecular complexity index is 1610. The van der Waals surface area contributed by atoms with Gasteiger partial charge in [0.15, 0.2) is 17.2 Å². The zero-order valence-electron chi connectivity index (χ0n) is 23.3. The van der Waals surface area contributed by atoms with Gasteiger partial charge in [-0.3, -0.25) is 4.90 Å². The molecule has 7 nitrogen and oxygen atoms in total. The third-order valence-electron chi connectivity index (χ3n) is 6.64. The van der Waals surface area contributed by atoms with Gasteiger partial charge in [0.05, 0.1) is 17.1 Å². The van der Waals surface area contributed by atoms with Gasteiger partial charge in [-0.25, -0.2) is 0 Å². The molecular formula is C36H30N4O3. The summed E-state index contributed by atoms with van der Waals surface area (Å²) in [6.45, 7) is 0. The van der Waals surface area contributed by atoms with E-state index < -0.39 is 0 Å². The predicted octanol–water partition coefficient (Wildman–Crippen LogP) is 9.28. The topological polar surface area (TPSA) is 109 Å². The predicted molar refractivity (Wildman–Crippen MR) is 174 cm³/mol. The molecule has 43 heavy (non-hydrogen) atoms. The Kier molecular flexibility index (Phi) is 7.69. The van der Waals surface area contributed by atoms with Gasteiger partial charge in [-0.05, 0) is 109 Å². The van der Waals surface area contributed by atoms with Crippen molar-refractivity contribution in [3.8, 4) is 34.5 Å². The van der Waals surface area contributed by atoms with E-state index >= 15 is 0 Å². The smallest absolute Gasteiger partial charge is 0.151 e. The molecule has 0 bridgehead atoms. The summed E-state index contributed by atoms with van der Waals surface area (Å²) in [4.78, 5) is 2.06. The summed E-state index contributed by atoms with van der Waals surface area (Å²) in [7, 11) is 0. The molecule has 7 heteroatoms. The molecule has 6 aromatic rings. The van der Waals surface area contributed by atoms with Gasteiger partial charge in [-0.1, -0.05) is 36.4 Å². The van der Waals surface area contributed by atoms with E-state index in [-0.39, 0.29) is 0 Å². The normalized spacial score (nSPS) is 10.6. The van der Waals surface area contributed by atoms with Crippen LogP contribution in [0.4, 0.5) is 34.1 Å². The van der Waals surface area contributed by atoms with Crippen molar-refractivity contribution in [2.75, 3.05) is 22.1 Å². The summed E-state index contributed by atoms with van der Waals surface area (Å²) >= 11 is 0. The zero-order valence-corrected chi connectivity index (χ0v) is 23.3. The summed E-state index contributed by atoms with van der Waals surface area (Å²) in [5.41, 5.74) is 22.0. The van der Waals surface area contributed by atoms with Crippen molar-refractivity contribution in [1.82, 2.24) is 0 Å². The van der Waals surface area contributed by atoms with Gasteiger partial charge in [0.2, 0.25) is 0 Å². The molecule has 0 spiro atoms. The average molecular weight is 567 g/mol. The molecule has 0 aliphatic rings. The lowest BCUT2D eigenvalue weighted by molar-refractivity contribution is 0.476. The van der Waals surface area contributed by atoms with E-state index in [9.17, 15) is 0 Å². The molecule has 6 aromatic carbocycles. The molecule has 0 amide bonds. The van der Waals surface area contributed by atoms with Crippen LogP contribution in [0.15, 0.2) is 146 Å². The van der Waals surface area contributed by atoms with Crippen molar-refractivity contribution in [3.05, 3.63) is 146 Å². The number of benzene rings is 6.